The molecule has 104 valence electrons. The fourth-order valence-electron chi connectivity index (χ4n) is 2.77. The van der Waals surface area contributed by atoms with Crippen molar-refractivity contribution in [2.45, 2.75) is 65.2 Å². The molecule has 0 radical (unpaired) electrons. The lowest BCUT2D eigenvalue weighted by Gasteiger charge is -2.18. The van der Waals surface area contributed by atoms with Crippen LogP contribution in [0.3, 0.4) is 0 Å². The molecular formula is C16H29NO. The molecule has 1 rings (SSSR count). The second-order valence-electron chi connectivity index (χ2n) is 6.04. The summed E-state index contributed by atoms with van der Waals surface area (Å²) in [4.78, 5) is 12.3. The number of hydrogen-bond donors (Lipinski definition) is 1. The Hall–Kier alpha value is -0.630. The number of ketones is 1. The normalized spacial score (nSPS) is 19.0. The molecule has 0 fully saturated rings. The van der Waals surface area contributed by atoms with Crippen molar-refractivity contribution in [3.8, 4) is 0 Å². The Morgan fingerprint density at radius 3 is 2.67 bits per heavy atom. The summed E-state index contributed by atoms with van der Waals surface area (Å²) in [6.07, 6.45) is 11.0. The van der Waals surface area contributed by atoms with Crippen LogP contribution in [0.15, 0.2) is 11.6 Å². The second-order valence-corrected chi connectivity index (χ2v) is 6.04. The molecule has 0 aromatic carbocycles. The highest BCUT2D eigenvalue weighted by molar-refractivity contribution is 5.95. The van der Waals surface area contributed by atoms with Crippen molar-refractivity contribution in [1.29, 1.82) is 0 Å². The third-order valence-corrected chi connectivity index (χ3v) is 3.76. The van der Waals surface area contributed by atoms with E-state index in [2.05, 4.69) is 19.9 Å². The van der Waals surface area contributed by atoms with Gasteiger partial charge in [0.1, 0.15) is 0 Å². The molecule has 0 bridgehead atoms. The van der Waals surface area contributed by atoms with Gasteiger partial charge < -0.3 is 5.73 Å². The highest BCUT2D eigenvalue weighted by atomic mass is 16.1. The Balaban J connectivity index is 2.50. The van der Waals surface area contributed by atoms with Crippen molar-refractivity contribution < 1.29 is 4.79 Å². The van der Waals surface area contributed by atoms with Crippen molar-refractivity contribution >= 4 is 5.78 Å². The van der Waals surface area contributed by atoms with Gasteiger partial charge in [0.25, 0.3) is 0 Å². The summed E-state index contributed by atoms with van der Waals surface area (Å²) in [6.45, 7) is 5.03. The highest BCUT2D eigenvalue weighted by Gasteiger charge is 2.17. The third kappa shape index (κ3) is 5.81. The summed E-state index contributed by atoms with van der Waals surface area (Å²) >= 11 is 0. The molecule has 0 spiro atoms. The van der Waals surface area contributed by atoms with Gasteiger partial charge in [0.15, 0.2) is 5.78 Å². The van der Waals surface area contributed by atoms with Crippen LogP contribution in [0.5, 0.6) is 0 Å². The van der Waals surface area contributed by atoms with Gasteiger partial charge in [-0.2, -0.15) is 0 Å². The van der Waals surface area contributed by atoms with E-state index in [0.717, 1.165) is 24.8 Å². The lowest BCUT2D eigenvalue weighted by atomic mass is 9.88. The third-order valence-electron chi connectivity index (χ3n) is 3.76. The van der Waals surface area contributed by atoms with Crippen molar-refractivity contribution in [2.24, 2.45) is 17.6 Å². The van der Waals surface area contributed by atoms with Crippen molar-refractivity contribution in [1.82, 2.24) is 0 Å². The molecule has 1 aliphatic rings. The smallest absolute Gasteiger partial charge is 0.158 e. The first kappa shape index (κ1) is 15.4. The Morgan fingerprint density at radius 1 is 1.28 bits per heavy atom. The van der Waals surface area contributed by atoms with Gasteiger partial charge in [0.2, 0.25) is 0 Å². The Morgan fingerprint density at radius 2 is 2.00 bits per heavy atom. The van der Waals surface area contributed by atoms with Crippen LogP contribution in [-0.4, -0.2) is 12.3 Å². The summed E-state index contributed by atoms with van der Waals surface area (Å²) in [5, 5.41) is 0. The number of carbonyl (C=O) groups excluding carboxylic acids is 1. The fourth-order valence-corrected chi connectivity index (χ4v) is 2.77. The van der Waals surface area contributed by atoms with E-state index < -0.39 is 0 Å². The van der Waals surface area contributed by atoms with Crippen LogP contribution >= 0.6 is 0 Å². The molecule has 1 atom stereocenters. The summed E-state index contributed by atoms with van der Waals surface area (Å²) in [5.41, 5.74) is 6.86. The molecule has 1 aliphatic carbocycles. The van der Waals surface area contributed by atoms with Crippen LogP contribution in [-0.2, 0) is 4.79 Å². The van der Waals surface area contributed by atoms with Crippen molar-refractivity contribution in [2.75, 3.05) is 6.54 Å². The van der Waals surface area contributed by atoms with Crippen LogP contribution in [0.2, 0.25) is 0 Å². The topological polar surface area (TPSA) is 43.1 Å². The first-order chi connectivity index (χ1) is 8.63. The maximum Gasteiger partial charge on any atom is 0.158 e. The standard InChI is InChI=1S/C16H29NO/c1-13(2)10-14(12-17)11-16(18)15-8-6-4-3-5-7-9-15/h8,13-14H,3-7,9-12,17H2,1-2H3. The van der Waals surface area contributed by atoms with Crippen molar-refractivity contribution in [3.05, 3.63) is 11.6 Å². The van der Waals surface area contributed by atoms with E-state index in [4.69, 9.17) is 5.73 Å². The van der Waals surface area contributed by atoms with Gasteiger partial charge in [-0.15, -0.1) is 0 Å². The monoisotopic (exact) mass is 251 g/mol. The average Bonchev–Trinajstić information content (AvgIpc) is 2.26. The average molecular weight is 251 g/mol. The fraction of sp³-hybridized carbons (Fsp3) is 0.812. The molecule has 0 aromatic rings. The van der Waals surface area contributed by atoms with E-state index in [9.17, 15) is 4.79 Å². The zero-order valence-electron chi connectivity index (χ0n) is 12.1. The number of allylic oxidation sites excluding steroid dienone is 2. The highest BCUT2D eigenvalue weighted by Crippen LogP contribution is 2.22. The first-order valence-corrected chi connectivity index (χ1v) is 7.55. The molecule has 0 saturated heterocycles. The molecule has 18 heavy (non-hydrogen) atoms. The largest absolute Gasteiger partial charge is 0.330 e. The Labute approximate surface area is 112 Å². The minimum absolute atomic E-state index is 0.355. The molecule has 2 nitrogen and oxygen atoms in total. The van der Waals surface area contributed by atoms with E-state index in [-0.39, 0.29) is 0 Å². The van der Waals surface area contributed by atoms with Crippen LogP contribution in [0.1, 0.15) is 65.2 Å². The van der Waals surface area contributed by atoms with Crippen molar-refractivity contribution in [3.63, 3.8) is 0 Å². The maximum absolute atomic E-state index is 12.3. The molecule has 0 saturated carbocycles. The quantitative estimate of drug-likeness (QED) is 0.779. The Kier molecular flexibility index (Phi) is 7.26. The van der Waals surface area contributed by atoms with Crippen LogP contribution < -0.4 is 5.73 Å². The predicted molar refractivity (Wildman–Crippen MR) is 77.4 cm³/mol. The number of hydrogen-bond acceptors (Lipinski definition) is 2. The molecule has 2 heteroatoms. The predicted octanol–water partition coefficient (Wildman–Crippen LogP) is 3.85. The summed E-state index contributed by atoms with van der Waals surface area (Å²) in [5.74, 6) is 1.34. The lowest BCUT2D eigenvalue weighted by molar-refractivity contribution is -0.116. The first-order valence-electron chi connectivity index (χ1n) is 7.55. The number of nitrogens with two attached hydrogens (primary N) is 1. The van der Waals surface area contributed by atoms with Gasteiger partial charge in [0.05, 0.1) is 0 Å². The van der Waals surface area contributed by atoms with Gasteiger partial charge in [-0.25, -0.2) is 0 Å². The summed E-state index contributed by atoms with van der Waals surface area (Å²) in [7, 11) is 0. The minimum atomic E-state index is 0.355. The minimum Gasteiger partial charge on any atom is -0.330 e. The van der Waals surface area contributed by atoms with E-state index in [1.54, 1.807) is 0 Å². The van der Waals surface area contributed by atoms with E-state index in [1.165, 1.54) is 25.7 Å². The zero-order chi connectivity index (χ0) is 13.4. The summed E-state index contributed by atoms with van der Waals surface area (Å²) < 4.78 is 0. The van der Waals surface area contributed by atoms with Gasteiger partial charge in [-0.1, -0.05) is 32.8 Å². The van der Waals surface area contributed by atoms with Crippen LogP contribution in [0.25, 0.3) is 0 Å². The lowest BCUT2D eigenvalue weighted by Crippen LogP contribution is -2.21. The maximum atomic E-state index is 12.3. The van der Waals surface area contributed by atoms with E-state index in [1.807, 2.05) is 0 Å². The molecule has 0 aliphatic heterocycles. The van der Waals surface area contributed by atoms with E-state index in [0.29, 0.717) is 30.6 Å². The summed E-state index contributed by atoms with van der Waals surface area (Å²) in [6, 6.07) is 0. The van der Waals surface area contributed by atoms with E-state index >= 15 is 0 Å². The molecule has 0 heterocycles. The second kappa shape index (κ2) is 8.47. The SMILES string of the molecule is CC(C)CC(CN)CC(=O)C1=CCCCCCC1. The van der Waals surface area contributed by atoms with Crippen LogP contribution in [0, 0.1) is 11.8 Å². The van der Waals surface area contributed by atoms with Gasteiger partial charge in [-0.3, -0.25) is 4.79 Å². The molecule has 0 aromatic heterocycles. The zero-order valence-corrected chi connectivity index (χ0v) is 12.1. The number of rotatable bonds is 6. The number of carbonyl (C=O) groups is 1. The van der Waals surface area contributed by atoms with Gasteiger partial charge in [-0.05, 0) is 56.1 Å². The molecule has 1 unspecified atom stereocenters. The van der Waals surface area contributed by atoms with Gasteiger partial charge >= 0.3 is 0 Å². The molecule has 2 N–H and O–H groups in total. The van der Waals surface area contributed by atoms with Crippen LogP contribution in [0.4, 0.5) is 0 Å². The number of Topliss-reactive ketones (excluding diaryl/α,β-unsaturated/α-hetero) is 1. The molecular weight excluding hydrogens is 222 g/mol. The Bertz CT molecular complexity index is 281. The molecule has 0 amide bonds. The van der Waals surface area contributed by atoms with Gasteiger partial charge in [0, 0.05) is 6.42 Å².